The van der Waals surface area contributed by atoms with Gasteiger partial charge in [-0.25, -0.2) is 0 Å². The molecule has 0 aromatic heterocycles. The van der Waals surface area contributed by atoms with E-state index in [2.05, 4.69) is 32.6 Å². The van der Waals surface area contributed by atoms with E-state index >= 15 is 0 Å². The lowest BCUT2D eigenvalue weighted by atomic mass is 9.60. The minimum absolute atomic E-state index is 0.332. The van der Waals surface area contributed by atoms with Crippen molar-refractivity contribution in [1.82, 2.24) is 0 Å². The molecule has 4 atom stereocenters. The van der Waals surface area contributed by atoms with Crippen LogP contribution < -0.4 is 0 Å². The molecule has 0 bridgehead atoms. The van der Waals surface area contributed by atoms with E-state index in [9.17, 15) is 15.3 Å². The number of allylic oxidation sites excluding steroid dienone is 3. The van der Waals surface area contributed by atoms with Crippen molar-refractivity contribution in [1.29, 1.82) is 0 Å². The first-order valence-corrected chi connectivity index (χ1v) is 14.9. The summed E-state index contributed by atoms with van der Waals surface area (Å²) in [6, 6.07) is 0. The number of aliphatic hydroxyl groups is 3. The molecule has 3 nitrogen and oxygen atoms in total. The molecule has 2 aliphatic rings. The number of fused-ring (bicyclic) bond motifs is 1. The highest BCUT2D eigenvalue weighted by Gasteiger charge is 2.51. The molecule has 0 aromatic rings. The summed E-state index contributed by atoms with van der Waals surface area (Å²) in [5.74, 6) is 2.01. The lowest BCUT2D eigenvalue weighted by molar-refractivity contribution is 0.0480. The third kappa shape index (κ3) is 8.84. The van der Waals surface area contributed by atoms with E-state index < -0.39 is 17.3 Å². The normalized spacial score (nSPS) is 27.5. The van der Waals surface area contributed by atoms with Crippen molar-refractivity contribution in [3.63, 3.8) is 0 Å². The summed E-state index contributed by atoms with van der Waals surface area (Å²) in [6.45, 7) is 18.6. The zero-order valence-corrected chi connectivity index (χ0v) is 24.7. The van der Waals surface area contributed by atoms with Gasteiger partial charge in [0.05, 0.1) is 17.3 Å². The van der Waals surface area contributed by atoms with Gasteiger partial charge in [0.2, 0.25) is 0 Å². The van der Waals surface area contributed by atoms with Crippen LogP contribution in [0.25, 0.3) is 0 Å². The van der Waals surface area contributed by atoms with E-state index in [-0.39, 0.29) is 0 Å². The van der Waals surface area contributed by atoms with Crippen molar-refractivity contribution in [2.75, 3.05) is 0 Å². The SMILES string of the molecule is C=C(/C(=C\C=C1/CCC[C@@]2(C)C1CCC2C(CCCC(C)(C)O)CCCC(C)(C)O)CC)[C@@H](O)CC. The van der Waals surface area contributed by atoms with Gasteiger partial charge in [-0.2, -0.15) is 0 Å². The zero-order chi connectivity index (χ0) is 27.1. The maximum Gasteiger partial charge on any atom is 0.0784 e. The Morgan fingerprint density at radius 3 is 2.14 bits per heavy atom. The van der Waals surface area contributed by atoms with E-state index in [0.717, 1.165) is 37.7 Å². The van der Waals surface area contributed by atoms with Gasteiger partial charge in [-0.15, -0.1) is 0 Å². The first-order valence-electron chi connectivity index (χ1n) is 14.9. The highest BCUT2D eigenvalue weighted by Crippen LogP contribution is 2.60. The summed E-state index contributed by atoms with van der Waals surface area (Å²) in [5, 5.41) is 30.9. The Labute approximate surface area is 223 Å². The van der Waals surface area contributed by atoms with Crippen LogP contribution in [0.1, 0.15) is 132 Å². The monoisotopic (exact) mass is 502 g/mol. The maximum absolute atomic E-state index is 10.3. The second kappa shape index (κ2) is 13.3. The largest absolute Gasteiger partial charge is 0.390 e. The van der Waals surface area contributed by atoms with E-state index in [1.807, 2.05) is 34.6 Å². The molecule has 2 fully saturated rings. The van der Waals surface area contributed by atoms with Crippen molar-refractivity contribution in [2.45, 2.75) is 149 Å². The van der Waals surface area contributed by atoms with Crippen molar-refractivity contribution in [3.8, 4) is 0 Å². The van der Waals surface area contributed by atoms with Gasteiger partial charge in [-0.3, -0.25) is 0 Å². The van der Waals surface area contributed by atoms with Gasteiger partial charge in [0.15, 0.2) is 0 Å². The van der Waals surface area contributed by atoms with Crippen molar-refractivity contribution in [2.24, 2.45) is 23.2 Å². The molecular formula is C33H58O3. The average Bonchev–Trinajstić information content (AvgIpc) is 3.13. The summed E-state index contributed by atoms with van der Waals surface area (Å²) < 4.78 is 0. The highest BCUT2D eigenvalue weighted by atomic mass is 16.3. The van der Waals surface area contributed by atoms with Crippen LogP contribution in [-0.2, 0) is 0 Å². The molecule has 2 saturated carbocycles. The Hall–Kier alpha value is -0.900. The molecule has 0 radical (unpaired) electrons. The Bertz CT molecular complexity index is 743. The van der Waals surface area contributed by atoms with Gasteiger partial charge in [0, 0.05) is 0 Å². The number of rotatable bonds is 14. The molecule has 36 heavy (non-hydrogen) atoms. The van der Waals surface area contributed by atoms with E-state index in [1.54, 1.807) is 5.57 Å². The molecule has 0 spiro atoms. The van der Waals surface area contributed by atoms with Gasteiger partial charge >= 0.3 is 0 Å². The summed E-state index contributed by atoms with van der Waals surface area (Å²) in [7, 11) is 0. The van der Waals surface area contributed by atoms with Gasteiger partial charge in [0.1, 0.15) is 0 Å². The van der Waals surface area contributed by atoms with Crippen LogP contribution in [0, 0.1) is 23.2 Å². The Morgan fingerprint density at radius 2 is 1.64 bits per heavy atom. The van der Waals surface area contributed by atoms with Crippen LogP contribution in [0.2, 0.25) is 0 Å². The van der Waals surface area contributed by atoms with Crippen LogP contribution in [0.15, 0.2) is 35.5 Å². The van der Waals surface area contributed by atoms with Crippen LogP contribution in [0.3, 0.4) is 0 Å². The first kappa shape index (κ1) is 31.3. The van der Waals surface area contributed by atoms with Crippen molar-refractivity contribution in [3.05, 3.63) is 35.5 Å². The first-order chi connectivity index (χ1) is 16.7. The van der Waals surface area contributed by atoms with Crippen molar-refractivity contribution < 1.29 is 15.3 Å². The maximum atomic E-state index is 10.3. The van der Waals surface area contributed by atoms with Crippen LogP contribution in [0.4, 0.5) is 0 Å². The molecule has 3 heteroatoms. The molecule has 0 aliphatic heterocycles. The third-order valence-corrected chi connectivity index (χ3v) is 9.41. The predicted molar refractivity (Wildman–Crippen MR) is 154 cm³/mol. The van der Waals surface area contributed by atoms with Gasteiger partial charge in [0.25, 0.3) is 0 Å². The average molecular weight is 503 g/mol. The molecular weight excluding hydrogens is 444 g/mol. The van der Waals surface area contributed by atoms with Gasteiger partial charge < -0.3 is 15.3 Å². The Balaban J connectivity index is 2.23. The van der Waals surface area contributed by atoms with Crippen molar-refractivity contribution >= 4 is 0 Å². The molecule has 3 N–H and O–H groups in total. The van der Waals surface area contributed by atoms with E-state index in [1.165, 1.54) is 50.5 Å². The van der Waals surface area contributed by atoms with Crippen LogP contribution in [0.5, 0.6) is 0 Å². The Morgan fingerprint density at radius 1 is 1.06 bits per heavy atom. The fourth-order valence-electron chi connectivity index (χ4n) is 7.31. The molecule has 0 heterocycles. The lowest BCUT2D eigenvalue weighted by Gasteiger charge is -2.45. The lowest BCUT2D eigenvalue weighted by Crippen LogP contribution is -2.37. The topological polar surface area (TPSA) is 60.7 Å². The summed E-state index contributed by atoms with van der Waals surface area (Å²) in [4.78, 5) is 0. The summed E-state index contributed by atoms with van der Waals surface area (Å²) in [5.41, 5.74) is 2.78. The van der Waals surface area contributed by atoms with E-state index in [0.29, 0.717) is 29.6 Å². The standard InChI is InChI=1S/C33H58O3/c1-9-25(24(3)30(34)10-2)17-18-27-16-13-23-33(8)28(19-20-29(27)33)26(14-11-21-31(4,5)35)15-12-22-32(6,7)36/h17-18,26,28-30,34-36H,3,9-16,19-23H2,1-2,4-8H3/b25-17-,27-18+/t28?,29?,30-,33+/m0/s1. The minimum Gasteiger partial charge on any atom is -0.390 e. The highest BCUT2D eigenvalue weighted by molar-refractivity contribution is 5.36. The smallest absolute Gasteiger partial charge is 0.0784 e. The third-order valence-electron chi connectivity index (χ3n) is 9.41. The molecule has 208 valence electrons. The number of aliphatic hydroxyl groups excluding tert-OH is 1. The molecule has 2 rings (SSSR count). The molecule has 0 amide bonds. The quantitative estimate of drug-likeness (QED) is 0.209. The van der Waals surface area contributed by atoms with Crippen LogP contribution in [-0.4, -0.2) is 32.6 Å². The molecule has 2 unspecified atom stereocenters. The van der Waals surface area contributed by atoms with Crippen LogP contribution >= 0.6 is 0 Å². The minimum atomic E-state index is -0.598. The summed E-state index contributed by atoms with van der Waals surface area (Å²) in [6.07, 6.45) is 18.3. The molecule has 2 aliphatic carbocycles. The second-order valence-electron chi connectivity index (χ2n) is 13.5. The predicted octanol–water partition coefficient (Wildman–Crippen LogP) is 8.29. The second-order valence-corrected chi connectivity index (χ2v) is 13.5. The fourth-order valence-corrected chi connectivity index (χ4v) is 7.31. The number of hydrogen-bond acceptors (Lipinski definition) is 3. The Kier molecular flexibility index (Phi) is 11.5. The zero-order valence-electron chi connectivity index (χ0n) is 24.7. The molecule has 0 saturated heterocycles. The van der Waals surface area contributed by atoms with Gasteiger partial charge in [-0.1, -0.05) is 70.8 Å². The fraction of sp³-hybridized carbons (Fsp3) is 0.818. The van der Waals surface area contributed by atoms with E-state index in [4.69, 9.17) is 0 Å². The molecule has 0 aromatic carbocycles. The number of hydrogen-bond donors (Lipinski definition) is 3. The summed E-state index contributed by atoms with van der Waals surface area (Å²) >= 11 is 0. The van der Waals surface area contributed by atoms with Gasteiger partial charge in [-0.05, 0) is 120 Å².